The largest absolute Gasteiger partial charge is 0.493 e. The first-order chi connectivity index (χ1) is 11.6. The molecule has 0 amide bonds. The van der Waals surface area contributed by atoms with E-state index in [1.54, 1.807) is 32.4 Å². The first kappa shape index (κ1) is 16.3. The van der Waals surface area contributed by atoms with Crippen LogP contribution in [0, 0.1) is 0 Å². The summed E-state index contributed by atoms with van der Waals surface area (Å²) in [6.07, 6.45) is 0. The fraction of sp³-hybridized carbons (Fsp3) is 0.176. The van der Waals surface area contributed by atoms with Crippen LogP contribution in [-0.4, -0.2) is 23.9 Å². The summed E-state index contributed by atoms with van der Waals surface area (Å²) >= 11 is 3.43. The molecule has 0 unspecified atom stereocenters. The summed E-state index contributed by atoms with van der Waals surface area (Å²) < 4.78 is 17.8. The normalized spacial score (nSPS) is 10.6. The minimum Gasteiger partial charge on any atom is -0.493 e. The van der Waals surface area contributed by atoms with Crippen LogP contribution in [0.3, 0.4) is 0 Å². The molecule has 0 saturated heterocycles. The molecule has 3 aromatic rings. The number of ether oxygens (including phenoxy) is 2. The topological polar surface area (TPSA) is 66.5 Å². The van der Waals surface area contributed by atoms with Gasteiger partial charge < -0.3 is 9.47 Å². The lowest BCUT2D eigenvalue weighted by atomic mass is 10.1. The van der Waals surface area contributed by atoms with E-state index in [1.807, 2.05) is 24.3 Å². The van der Waals surface area contributed by atoms with E-state index in [0.717, 1.165) is 10.0 Å². The van der Waals surface area contributed by atoms with Crippen molar-refractivity contribution in [1.29, 1.82) is 0 Å². The van der Waals surface area contributed by atoms with Crippen molar-refractivity contribution in [2.24, 2.45) is 0 Å². The molecule has 1 heterocycles. The molecule has 7 heteroatoms. The molecule has 124 valence electrons. The van der Waals surface area contributed by atoms with Gasteiger partial charge in [-0.15, -0.1) is 0 Å². The Balaban J connectivity index is 2.03. The molecule has 24 heavy (non-hydrogen) atoms. The average Bonchev–Trinajstić information content (AvgIpc) is 2.95. The summed E-state index contributed by atoms with van der Waals surface area (Å²) in [5.41, 5.74) is 1.66. The number of benzene rings is 2. The van der Waals surface area contributed by atoms with Gasteiger partial charge in [0.05, 0.1) is 20.8 Å². The molecule has 1 aromatic heterocycles. The fourth-order valence-electron chi connectivity index (χ4n) is 2.41. The second-order valence-electron chi connectivity index (χ2n) is 5.06. The van der Waals surface area contributed by atoms with Crippen molar-refractivity contribution in [1.82, 2.24) is 9.72 Å². The second-order valence-corrected chi connectivity index (χ2v) is 5.97. The third-order valence-corrected chi connectivity index (χ3v) is 4.05. The molecule has 0 saturated carbocycles. The maximum absolute atomic E-state index is 12.0. The summed E-state index contributed by atoms with van der Waals surface area (Å²) in [4.78, 5) is 12.0. The summed E-state index contributed by atoms with van der Waals surface area (Å²) in [7, 11) is 3.12. The lowest BCUT2D eigenvalue weighted by molar-refractivity contribution is 0.355. The van der Waals surface area contributed by atoms with Gasteiger partial charge in [0.25, 0.3) is 0 Å². The predicted molar refractivity (Wildman–Crippen MR) is 92.5 cm³/mol. The van der Waals surface area contributed by atoms with Gasteiger partial charge in [0.2, 0.25) is 0 Å². The Kier molecular flexibility index (Phi) is 4.71. The quantitative estimate of drug-likeness (QED) is 0.668. The van der Waals surface area contributed by atoms with Crippen LogP contribution < -0.4 is 15.2 Å². The van der Waals surface area contributed by atoms with Gasteiger partial charge in [-0.05, 0) is 35.9 Å². The van der Waals surface area contributed by atoms with Gasteiger partial charge in [-0.25, -0.2) is 4.79 Å². The molecule has 0 spiro atoms. The molecular formula is C17H15BrN2O4. The summed E-state index contributed by atoms with van der Waals surface area (Å²) in [5, 5.41) is 3.90. The summed E-state index contributed by atoms with van der Waals surface area (Å²) in [5.74, 6) is 1.07. The fourth-order valence-corrected chi connectivity index (χ4v) is 2.86. The number of halogens is 1. The van der Waals surface area contributed by atoms with Crippen LogP contribution in [0.1, 0.15) is 5.56 Å². The highest BCUT2D eigenvalue weighted by molar-refractivity contribution is 9.10. The van der Waals surface area contributed by atoms with E-state index in [4.69, 9.17) is 14.0 Å². The zero-order valence-electron chi connectivity index (χ0n) is 13.2. The van der Waals surface area contributed by atoms with Crippen LogP contribution in [-0.2, 0) is 6.54 Å². The first-order valence-corrected chi connectivity index (χ1v) is 7.95. The first-order valence-electron chi connectivity index (χ1n) is 7.15. The zero-order chi connectivity index (χ0) is 17.1. The number of aromatic nitrogens is 2. The van der Waals surface area contributed by atoms with Crippen molar-refractivity contribution >= 4 is 15.9 Å². The van der Waals surface area contributed by atoms with Gasteiger partial charge in [-0.2, -0.15) is 0 Å². The lowest BCUT2D eigenvalue weighted by Gasteiger charge is -2.10. The zero-order valence-corrected chi connectivity index (χ0v) is 14.7. The van der Waals surface area contributed by atoms with Crippen molar-refractivity contribution in [3.63, 3.8) is 0 Å². The van der Waals surface area contributed by atoms with Crippen LogP contribution in [0.5, 0.6) is 11.5 Å². The van der Waals surface area contributed by atoms with Crippen molar-refractivity contribution in [2.45, 2.75) is 6.54 Å². The van der Waals surface area contributed by atoms with E-state index >= 15 is 0 Å². The minimum atomic E-state index is -0.514. The Morgan fingerprint density at radius 2 is 1.92 bits per heavy atom. The van der Waals surface area contributed by atoms with Crippen LogP contribution in [0.15, 0.2) is 56.3 Å². The Morgan fingerprint density at radius 3 is 2.62 bits per heavy atom. The maximum atomic E-state index is 12.0. The molecule has 0 radical (unpaired) electrons. The van der Waals surface area contributed by atoms with E-state index in [1.165, 1.54) is 4.57 Å². The summed E-state index contributed by atoms with van der Waals surface area (Å²) in [6, 6.07) is 13.0. The molecule has 0 aliphatic heterocycles. The summed E-state index contributed by atoms with van der Waals surface area (Å²) in [6.45, 7) is 0.353. The SMILES string of the molecule is COc1ccc(-c2noc(=O)n2Cc2cccc(Br)c2)cc1OC. The van der Waals surface area contributed by atoms with Gasteiger partial charge in [-0.1, -0.05) is 33.2 Å². The highest BCUT2D eigenvalue weighted by Gasteiger charge is 2.15. The van der Waals surface area contributed by atoms with Crippen molar-refractivity contribution < 1.29 is 14.0 Å². The average molecular weight is 391 g/mol. The molecule has 0 N–H and O–H groups in total. The van der Waals surface area contributed by atoms with Crippen LogP contribution in [0.25, 0.3) is 11.4 Å². The van der Waals surface area contributed by atoms with Crippen molar-refractivity contribution in [3.05, 3.63) is 63.1 Å². The molecule has 0 atom stereocenters. The second kappa shape index (κ2) is 6.92. The molecule has 0 fully saturated rings. The van der Waals surface area contributed by atoms with E-state index in [2.05, 4.69) is 21.1 Å². The molecule has 6 nitrogen and oxygen atoms in total. The Hall–Kier alpha value is -2.54. The molecule has 3 rings (SSSR count). The number of hydrogen-bond acceptors (Lipinski definition) is 5. The third-order valence-electron chi connectivity index (χ3n) is 3.56. The monoisotopic (exact) mass is 390 g/mol. The molecule has 2 aromatic carbocycles. The number of nitrogens with zero attached hydrogens (tertiary/aromatic N) is 2. The minimum absolute atomic E-state index is 0.353. The highest BCUT2D eigenvalue weighted by atomic mass is 79.9. The van der Waals surface area contributed by atoms with Crippen molar-refractivity contribution in [3.8, 4) is 22.9 Å². The van der Waals surface area contributed by atoms with Gasteiger partial charge in [0.1, 0.15) is 0 Å². The Morgan fingerprint density at radius 1 is 1.12 bits per heavy atom. The smallest absolute Gasteiger partial charge is 0.442 e. The van der Waals surface area contributed by atoms with E-state index in [0.29, 0.717) is 29.4 Å². The van der Waals surface area contributed by atoms with Gasteiger partial charge in [0.15, 0.2) is 17.3 Å². The number of rotatable bonds is 5. The van der Waals surface area contributed by atoms with Crippen LogP contribution in [0.2, 0.25) is 0 Å². The number of methoxy groups -OCH3 is 2. The van der Waals surface area contributed by atoms with Crippen molar-refractivity contribution in [2.75, 3.05) is 14.2 Å². The molecule has 0 bridgehead atoms. The van der Waals surface area contributed by atoms with E-state index in [9.17, 15) is 4.79 Å². The maximum Gasteiger partial charge on any atom is 0.442 e. The lowest BCUT2D eigenvalue weighted by Crippen LogP contribution is -2.16. The molecular weight excluding hydrogens is 376 g/mol. The van der Waals surface area contributed by atoms with Gasteiger partial charge >= 0.3 is 5.76 Å². The van der Waals surface area contributed by atoms with Gasteiger partial charge in [-0.3, -0.25) is 9.09 Å². The number of hydrogen-bond donors (Lipinski definition) is 0. The Labute approximate surface area is 146 Å². The van der Waals surface area contributed by atoms with Crippen LogP contribution >= 0.6 is 15.9 Å². The molecule has 0 aliphatic rings. The Bertz CT molecular complexity index is 917. The van der Waals surface area contributed by atoms with Crippen LogP contribution in [0.4, 0.5) is 0 Å². The standard InChI is InChI=1S/C17H15BrN2O4/c1-22-14-7-6-12(9-15(14)23-2)16-19-24-17(21)20(16)10-11-4-3-5-13(18)8-11/h3-9H,10H2,1-2H3. The predicted octanol–water partition coefficient (Wildman–Crippen LogP) is 3.33. The third kappa shape index (κ3) is 3.21. The van der Waals surface area contributed by atoms with E-state index < -0.39 is 5.76 Å². The highest BCUT2D eigenvalue weighted by Crippen LogP contribution is 2.31. The molecule has 0 aliphatic carbocycles. The van der Waals surface area contributed by atoms with Gasteiger partial charge in [0, 0.05) is 10.0 Å². The van der Waals surface area contributed by atoms with E-state index in [-0.39, 0.29) is 0 Å².